The predicted octanol–water partition coefficient (Wildman–Crippen LogP) is 2.70. The van der Waals surface area contributed by atoms with Crippen LogP contribution in [0.1, 0.15) is 34.9 Å². The fourth-order valence-corrected chi connectivity index (χ4v) is 2.95. The summed E-state index contributed by atoms with van der Waals surface area (Å²) >= 11 is 0. The third kappa shape index (κ3) is 3.74. The SMILES string of the molecule is O=C(O[C@@H](C(=O)NC1CC1)c1ccccc1)c1cc(=O)[nH]c2ccccc12. The quantitative estimate of drug-likeness (QED) is 0.683. The minimum absolute atomic E-state index is 0.134. The summed E-state index contributed by atoms with van der Waals surface area (Å²) in [7, 11) is 0. The molecule has 1 amide bonds. The van der Waals surface area contributed by atoms with E-state index in [2.05, 4.69) is 10.3 Å². The van der Waals surface area contributed by atoms with Crippen LogP contribution < -0.4 is 10.9 Å². The van der Waals surface area contributed by atoms with Crippen molar-refractivity contribution in [3.8, 4) is 0 Å². The second-order valence-corrected chi connectivity index (χ2v) is 6.57. The van der Waals surface area contributed by atoms with E-state index in [4.69, 9.17) is 4.74 Å². The van der Waals surface area contributed by atoms with Gasteiger partial charge >= 0.3 is 5.97 Å². The minimum Gasteiger partial charge on any atom is -0.444 e. The van der Waals surface area contributed by atoms with E-state index in [-0.39, 0.29) is 17.5 Å². The normalized spacial score (nSPS) is 14.5. The summed E-state index contributed by atoms with van der Waals surface area (Å²) in [5.41, 5.74) is 0.850. The number of fused-ring (bicyclic) bond motifs is 1. The minimum atomic E-state index is -1.07. The van der Waals surface area contributed by atoms with Crippen molar-refractivity contribution in [1.29, 1.82) is 0 Å². The fraction of sp³-hybridized carbons (Fsp3) is 0.190. The maximum atomic E-state index is 12.8. The van der Waals surface area contributed by atoms with Gasteiger partial charge in [-0.05, 0) is 18.9 Å². The first-order valence-corrected chi connectivity index (χ1v) is 8.80. The molecule has 0 bridgehead atoms. The van der Waals surface area contributed by atoms with E-state index in [9.17, 15) is 14.4 Å². The van der Waals surface area contributed by atoms with Crippen molar-refractivity contribution in [2.45, 2.75) is 25.0 Å². The Balaban J connectivity index is 1.68. The molecule has 2 aromatic carbocycles. The highest BCUT2D eigenvalue weighted by molar-refractivity contribution is 6.04. The summed E-state index contributed by atoms with van der Waals surface area (Å²) in [4.78, 5) is 40.1. The third-order valence-corrected chi connectivity index (χ3v) is 4.46. The first-order chi connectivity index (χ1) is 13.1. The largest absolute Gasteiger partial charge is 0.444 e. The van der Waals surface area contributed by atoms with Crippen LogP contribution in [0, 0.1) is 0 Å². The molecule has 0 aliphatic heterocycles. The number of nitrogens with one attached hydrogen (secondary N) is 2. The van der Waals surface area contributed by atoms with Crippen molar-refractivity contribution in [2.75, 3.05) is 0 Å². The summed E-state index contributed by atoms with van der Waals surface area (Å²) in [5.74, 6) is -1.07. The van der Waals surface area contributed by atoms with E-state index >= 15 is 0 Å². The molecular formula is C21H18N2O4. The number of pyridine rings is 1. The summed E-state index contributed by atoms with van der Waals surface area (Å²) in [6, 6.07) is 17.2. The molecule has 0 unspecified atom stereocenters. The Hall–Kier alpha value is -3.41. The molecule has 1 fully saturated rings. The lowest BCUT2D eigenvalue weighted by Gasteiger charge is -2.18. The summed E-state index contributed by atoms with van der Waals surface area (Å²) in [6.07, 6.45) is 0.789. The molecule has 2 N–H and O–H groups in total. The zero-order valence-electron chi connectivity index (χ0n) is 14.5. The summed E-state index contributed by atoms with van der Waals surface area (Å²) in [6.45, 7) is 0. The number of aromatic amines is 1. The van der Waals surface area contributed by atoms with Crippen molar-refractivity contribution < 1.29 is 14.3 Å². The average molecular weight is 362 g/mol. The van der Waals surface area contributed by atoms with E-state index < -0.39 is 17.6 Å². The predicted molar refractivity (Wildman–Crippen MR) is 100 cm³/mol. The summed E-state index contributed by atoms with van der Waals surface area (Å²) < 4.78 is 5.57. The first-order valence-electron chi connectivity index (χ1n) is 8.80. The zero-order valence-corrected chi connectivity index (χ0v) is 14.5. The molecule has 1 aliphatic rings. The van der Waals surface area contributed by atoms with Crippen LogP contribution in [0.15, 0.2) is 65.5 Å². The molecule has 1 atom stereocenters. The van der Waals surface area contributed by atoms with Gasteiger partial charge in [0.1, 0.15) is 0 Å². The van der Waals surface area contributed by atoms with E-state index in [1.165, 1.54) is 6.07 Å². The molecule has 6 nitrogen and oxygen atoms in total. The van der Waals surface area contributed by atoms with Crippen LogP contribution >= 0.6 is 0 Å². The molecule has 136 valence electrons. The molecule has 1 aliphatic carbocycles. The van der Waals surface area contributed by atoms with Crippen LogP contribution in [0.4, 0.5) is 0 Å². The van der Waals surface area contributed by atoms with Crippen molar-refractivity contribution in [2.24, 2.45) is 0 Å². The van der Waals surface area contributed by atoms with Crippen LogP contribution in [0.5, 0.6) is 0 Å². The smallest absolute Gasteiger partial charge is 0.340 e. The van der Waals surface area contributed by atoms with Crippen molar-refractivity contribution in [1.82, 2.24) is 10.3 Å². The van der Waals surface area contributed by atoms with Gasteiger partial charge in [-0.1, -0.05) is 48.5 Å². The molecule has 27 heavy (non-hydrogen) atoms. The number of H-pyrrole nitrogens is 1. The Morgan fingerprint density at radius 3 is 2.48 bits per heavy atom. The average Bonchev–Trinajstić information content (AvgIpc) is 3.49. The topological polar surface area (TPSA) is 88.3 Å². The highest BCUT2D eigenvalue weighted by Crippen LogP contribution is 2.25. The van der Waals surface area contributed by atoms with E-state index in [0.717, 1.165) is 12.8 Å². The molecular weight excluding hydrogens is 344 g/mol. The number of hydrogen-bond acceptors (Lipinski definition) is 4. The van der Waals surface area contributed by atoms with Crippen molar-refractivity contribution in [3.05, 3.63) is 82.1 Å². The Kier molecular flexibility index (Phi) is 4.46. The van der Waals surface area contributed by atoms with Crippen LogP contribution in [-0.2, 0) is 9.53 Å². The standard InChI is InChI=1S/C21H18N2O4/c24-18-12-16(15-8-4-5-9-17(15)23-18)21(26)27-19(13-6-2-1-3-7-13)20(25)22-14-10-11-14/h1-9,12,14,19H,10-11H2,(H,22,25)(H,23,24)/t19-/m1/s1. The molecule has 4 rings (SSSR count). The monoisotopic (exact) mass is 362 g/mol. The first kappa shape index (κ1) is 17.0. The van der Waals surface area contributed by atoms with E-state index in [1.807, 2.05) is 6.07 Å². The number of rotatable bonds is 5. The van der Waals surface area contributed by atoms with Crippen LogP contribution in [-0.4, -0.2) is 22.9 Å². The number of ether oxygens (including phenoxy) is 1. The van der Waals surface area contributed by atoms with Crippen molar-refractivity contribution >= 4 is 22.8 Å². The maximum absolute atomic E-state index is 12.8. The van der Waals surface area contributed by atoms with Gasteiger partial charge in [-0.3, -0.25) is 9.59 Å². The van der Waals surface area contributed by atoms with E-state index in [1.54, 1.807) is 48.5 Å². The molecule has 1 heterocycles. The Morgan fingerprint density at radius 2 is 1.74 bits per heavy atom. The molecule has 0 radical (unpaired) electrons. The molecule has 0 spiro atoms. The Labute approximate surface area is 155 Å². The molecule has 3 aromatic rings. The number of hydrogen-bond donors (Lipinski definition) is 2. The highest BCUT2D eigenvalue weighted by atomic mass is 16.5. The Morgan fingerprint density at radius 1 is 1.04 bits per heavy atom. The zero-order chi connectivity index (χ0) is 18.8. The lowest BCUT2D eigenvalue weighted by molar-refractivity contribution is -0.130. The second kappa shape index (κ2) is 7.07. The highest BCUT2D eigenvalue weighted by Gasteiger charge is 2.31. The lowest BCUT2D eigenvalue weighted by Crippen LogP contribution is -2.33. The fourth-order valence-electron chi connectivity index (χ4n) is 2.95. The van der Waals surface area contributed by atoms with Gasteiger partial charge in [0.15, 0.2) is 0 Å². The number of aromatic nitrogens is 1. The van der Waals surface area contributed by atoms with Gasteiger partial charge in [-0.2, -0.15) is 0 Å². The van der Waals surface area contributed by atoms with Gasteiger partial charge in [0.25, 0.3) is 5.91 Å². The summed E-state index contributed by atoms with van der Waals surface area (Å²) in [5, 5.41) is 3.44. The number of benzene rings is 2. The van der Waals surface area contributed by atoms with Gasteiger partial charge in [0.05, 0.1) is 5.56 Å². The number of para-hydroxylation sites is 1. The van der Waals surface area contributed by atoms with Crippen LogP contribution in [0.3, 0.4) is 0 Å². The van der Waals surface area contributed by atoms with Crippen molar-refractivity contribution in [3.63, 3.8) is 0 Å². The maximum Gasteiger partial charge on any atom is 0.340 e. The second-order valence-electron chi connectivity index (χ2n) is 6.57. The number of esters is 1. The molecule has 1 aromatic heterocycles. The van der Waals surface area contributed by atoms with Gasteiger partial charge < -0.3 is 15.0 Å². The number of carbonyl (C=O) groups excluding carboxylic acids is 2. The van der Waals surface area contributed by atoms with Crippen LogP contribution in [0.25, 0.3) is 10.9 Å². The molecule has 1 saturated carbocycles. The van der Waals surface area contributed by atoms with Gasteiger partial charge in [-0.25, -0.2) is 4.79 Å². The third-order valence-electron chi connectivity index (χ3n) is 4.46. The number of carbonyl (C=O) groups is 2. The lowest BCUT2D eigenvalue weighted by atomic mass is 10.1. The van der Waals surface area contributed by atoms with Gasteiger partial charge in [0.2, 0.25) is 11.7 Å². The Bertz CT molecular complexity index is 1050. The van der Waals surface area contributed by atoms with Gasteiger partial charge in [-0.15, -0.1) is 0 Å². The molecule has 6 heteroatoms. The number of amides is 1. The van der Waals surface area contributed by atoms with E-state index in [0.29, 0.717) is 16.5 Å². The van der Waals surface area contributed by atoms with Gasteiger partial charge in [0, 0.05) is 28.6 Å². The molecule has 0 saturated heterocycles. The van der Waals surface area contributed by atoms with Crippen LogP contribution in [0.2, 0.25) is 0 Å².